The molecule has 0 aliphatic rings. The highest BCUT2D eigenvalue weighted by Gasteiger charge is 2.26. The fourth-order valence-electron chi connectivity index (χ4n) is 3.35. The summed E-state index contributed by atoms with van der Waals surface area (Å²) < 4.78 is 0. The third kappa shape index (κ3) is 5.19. The molecule has 0 radical (unpaired) electrons. The van der Waals surface area contributed by atoms with Crippen molar-refractivity contribution in [3.63, 3.8) is 0 Å². The number of carbonyl (C=O) groups is 1. The van der Waals surface area contributed by atoms with Gasteiger partial charge in [-0.15, -0.1) is 0 Å². The third-order valence-electron chi connectivity index (χ3n) is 5.10. The zero-order chi connectivity index (χ0) is 23.7. The van der Waals surface area contributed by atoms with Crippen LogP contribution in [0, 0.1) is 0 Å². The number of amides is 1. The number of hydrogen-bond donors (Lipinski definition) is 3. The summed E-state index contributed by atoms with van der Waals surface area (Å²) in [5.74, 6) is -0.117. The summed E-state index contributed by atoms with van der Waals surface area (Å²) in [6.07, 6.45) is 1.58. The molecule has 0 unspecified atom stereocenters. The predicted octanol–water partition coefficient (Wildman–Crippen LogP) is 5.79. The minimum absolute atomic E-state index is 0.248. The molecule has 0 saturated carbocycles. The molecule has 168 valence electrons. The molecular formula is C25H29ClN4O2. The SMILES string of the molecule is CC(C)(C)c1cc(/C=N\NC(=O)c2cc(-c3ccccc3Cl)n[nH]2)cc(C(C)(C)C)c1O. The largest absolute Gasteiger partial charge is 0.507 e. The van der Waals surface area contributed by atoms with E-state index >= 15 is 0 Å². The summed E-state index contributed by atoms with van der Waals surface area (Å²) in [6.45, 7) is 12.3. The van der Waals surface area contributed by atoms with Crippen LogP contribution in [-0.2, 0) is 10.8 Å². The number of nitrogens with zero attached hydrogens (tertiary/aromatic N) is 2. The molecule has 0 aliphatic carbocycles. The maximum Gasteiger partial charge on any atom is 0.289 e. The molecule has 0 aliphatic heterocycles. The van der Waals surface area contributed by atoms with Crippen molar-refractivity contribution in [1.82, 2.24) is 15.6 Å². The number of halogens is 1. The van der Waals surface area contributed by atoms with Gasteiger partial charge in [0.2, 0.25) is 0 Å². The van der Waals surface area contributed by atoms with Crippen molar-refractivity contribution in [2.24, 2.45) is 5.10 Å². The van der Waals surface area contributed by atoms with Crippen molar-refractivity contribution < 1.29 is 9.90 Å². The van der Waals surface area contributed by atoms with Crippen LogP contribution in [0.15, 0.2) is 47.6 Å². The molecule has 0 fully saturated rings. The fraction of sp³-hybridized carbons (Fsp3) is 0.320. The first-order valence-electron chi connectivity index (χ1n) is 10.4. The molecule has 0 saturated heterocycles. The molecule has 1 heterocycles. The molecule has 7 heteroatoms. The van der Waals surface area contributed by atoms with E-state index in [0.717, 1.165) is 22.3 Å². The molecule has 32 heavy (non-hydrogen) atoms. The first-order chi connectivity index (χ1) is 14.9. The van der Waals surface area contributed by atoms with Gasteiger partial charge in [0.05, 0.1) is 16.9 Å². The van der Waals surface area contributed by atoms with Gasteiger partial charge in [-0.2, -0.15) is 10.2 Å². The second-order valence-corrected chi connectivity index (χ2v) is 10.2. The Bertz CT molecular complexity index is 1130. The fourth-order valence-corrected chi connectivity index (χ4v) is 3.58. The number of phenolic OH excluding ortho intramolecular Hbond substituents is 1. The summed E-state index contributed by atoms with van der Waals surface area (Å²) >= 11 is 6.20. The smallest absolute Gasteiger partial charge is 0.289 e. The lowest BCUT2D eigenvalue weighted by Crippen LogP contribution is -2.19. The second-order valence-electron chi connectivity index (χ2n) is 9.81. The van der Waals surface area contributed by atoms with E-state index in [1.165, 1.54) is 0 Å². The van der Waals surface area contributed by atoms with Gasteiger partial charge >= 0.3 is 0 Å². The van der Waals surface area contributed by atoms with Gasteiger partial charge in [-0.25, -0.2) is 5.43 Å². The Morgan fingerprint density at radius 3 is 2.22 bits per heavy atom. The zero-order valence-corrected chi connectivity index (χ0v) is 20.0. The highest BCUT2D eigenvalue weighted by atomic mass is 35.5. The van der Waals surface area contributed by atoms with Crippen molar-refractivity contribution in [2.45, 2.75) is 52.4 Å². The predicted molar refractivity (Wildman–Crippen MR) is 130 cm³/mol. The van der Waals surface area contributed by atoms with Crippen LogP contribution in [0.2, 0.25) is 5.02 Å². The van der Waals surface area contributed by atoms with Crippen LogP contribution in [0.3, 0.4) is 0 Å². The summed E-state index contributed by atoms with van der Waals surface area (Å²) in [5, 5.41) is 22.4. The van der Waals surface area contributed by atoms with Gasteiger partial charge < -0.3 is 5.11 Å². The van der Waals surface area contributed by atoms with E-state index in [0.29, 0.717) is 16.5 Å². The lowest BCUT2D eigenvalue weighted by molar-refractivity contribution is 0.0950. The van der Waals surface area contributed by atoms with Crippen LogP contribution in [0.4, 0.5) is 0 Å². The van der Waals surface area contributed by atoms with Gasteiger partial charge in [0.15, 0.2) is 0 Å². The second kappa shape index (κ2) is 8.79. The monoisotopic (exact) mass is 452 g/mol. The number of hydrazone groups is 1. The number of hydrogen-bond acceptors (Lipinski definition) is 4. The van der Waals surface area contributed by atoms with Gasteiger partial charge in [0, 0.05) is 16.7 Å². The third-order valence-corrected chi connectivity index (χ3v) is 5.43. The zero-order valence-electron chi connectivity index (χ0n) is 19.2. The lowest BCUT2D eigenvalue weighted by Gasteiger charge is -2.27. The van der Waals surface area contributed by atoms with Crippen LogP contribution in [-0.4, -0.2) is 27.4 Å². The highest BCUT2D eigenvalue weighted by molar-refractivity contribution is 6.33. The molecule has 1 aromatic heterocycles. The van der Waals surface area contributed by atoms with Gasteiger partial charge in [-0.1, -0.05) is 71.3 Å². The van der Waals surface area contributed by atoms with Crippen molar-refractivity contribution in [2.75, 3.05) is 0 Å². The maximum atomic E-state index is 12.5. The number of nitrogens with one attached hydrogen (secondary N) is 2. The Labute approximate surface area is 193 Å². The number of aromatic nitrogens is 2. The Morgan fingerprint density at radius 2 is 1.66 bits per heavy atom. The molecule has 0 bridgehead atoms. The number of rotatable bonds is 4. The normalized spacial score (nSPS) is 12.3. The summed E-state index contributed by atoms with van der Waals surface area (Å²) in [6, 6.07) is 12.7. The van der Waals surface area contributed by atoms with E-state index in [-0.39, 0.29) is 16.5 Å². The molecule has 3 aromatic rings. The number of aromatic hydroxyl groups is 1. The van der Waals surface area contributed by atoms with E-state index in [4.69, 9.17) is 11.6 Å². The highest BCUT2D eigenvalue weighted by Crippen LogP contribution is 2.39. The standard InChI is InChI=1S/C25H29ClN4O2/c1-24(2,3)17-11-15(12-18(22(17)31)25(4,5)6)14-27-30-23(32)21-13-20(28-29-21)16-9-7-8-10-19(16)26/h7-14,31H,1-6H3,(H,28,29)(H,30,32)/b27-14-. The van der Waals surface area contributed by atoms with Gasteiger partial charge in [0.25, 0.3) is 5.91 Å². The van der Waals surface area contributed by atoms with Crippen molar-refractivity contribution >= 4 is 23.7 Å². The molecule has 3 rings (SSSR count). The van der Waals surface area contributed by atoms with Crippen LogP contribution in [0.1, 0.15) is 68.7 Å². The van der Waals surface area contributed by atoms with Gasteiger partial charge in [0.1, 0.15) is 11.4 Å². The minimum atomic E-state index is -0.419. The molecule has 2 aromatic carbocycles. The van der Waals surface area contributed by atoms with Gasteiger partial charge in [-0.05, 0) is 40.7 Å². The summed E-state index contributed by atoms with van der Waals surface area (Å²) in [4.78, 5) is 12.5. The number of carbonyl (C=O) groups excluding carboxylic acids is 1. The Balaban J connectivity index is 1.82. The maximum absolute atomic E-state index is 12.5. The number of phenols is 1. The molecule has 3 N–H and O–H groups in total. The van der Waals surface area contributed by atoms with Gasteiger partial charge in [-0.3, -0.25) is 9.89 Å². The molecule has 1 amide bonds. The van der Waals surface area contributed by atoms with Crippen molar-refractivity contribution in [1.29, 1.82) is 0 Å². The van der Waals surface area contributed by atoms with Crippen LogP contribution in [0.5, 0.6) is 5.75 Å². The van der Waals surface area contributed by atoms with E-state index in [1.807, 2.05) is 71.9 Å². The van der Waals surface area contributed by atoms with Crippen molar-refractivity contribution in [3.8, 4) is 17.0 Å². The Morgan fingerprint density at radius 1 is 1.06 bits per heavy atom. The minimum Gasteiger partial charge on any atom is -0.507 e. The summed E-state index contributed by atoms with van der Waals surface area (Å²) in [5.41, 5.74) is 6.06. The van der Waals surface area contributed by atoms with Crippen molar-refractivity contribution in [3.05, 3.63) is 69.9 Å². The quantitative estimate of drug-likeness (QED) is 0.345. The molecule has 6 nitrogen and oxygen atoms in total. The number of aromatic amines is 1. The lowest BCUT2D eigenvalue weighted by atomic mass is 9.78. The number of H-pyrrole nitrogens is 1. The van der Waals surface area contributed by atoms with Crippen LogP contribution >= 0.6 is 11.6 Å². The van der Waals surface area contributed by atoms with E-state index in [1.54, 1.807) is 18.3 Å². The Hall–Kier alpha value is -3.12. The topological polar surface area (TPSA) is 90.4 Å². The van der Waals surface area contributed by atoms with Crippen LogP contribution in [0.25, 0.3) is 11.3 Å². The van der Waals surface area contributed by atoms with E-state index in [2.05, 4.69) is 20.7 Å². The molecule has 0 atom stereocenters. The average Bonchev–Trinajstić information content (AvgIpc) is 3.17. The number of benzene rings is 2. The van der Waals surface area contributed by atoms with E-state index in [9.17, 15) is 9.90 Å². The van der Waals surface area contributed by atoms with Crippen LogP contribution < -0.4 is 5.43 Å². The molecule has 0 spiro atoms. The average molecular weight is 453 g/mol. The first-order valence-corrected chi connectivity index (χ1v) is 10.8. The summed E-state index contributed by atoms with van der Waals surface area (Å²) in [7, 11) is 0. The molecular weight excluding hydrogens is 424 g/mol. The van der Waals surface area contributed by atoms with E-state index < -0.39 is 5.91 Å². The first kappa shape index (κ1) is 23.5. The Kier molecular flexibility index (Phi) is 6.46.